The third-order valence-corrected chi connectivity index (χ3v) is 5.11. The number of para-hydroxylation sites is 2. The van der Waals surface area contributed by atoms with Crippen LogP contribution in [0.5, 0.6) is 0 Å². The van der Waals surface area contributed by atoms with Gasteiger partial charge in [0.2, 0.25) is 0 Å². The molecule has 3 aromatic heterocycles. The zero-order valence-corrected chi connectivity index (χ0v) is 14.6. The molecule has 0 saturated heterocycles. The minimum absolute atomic E-state index is 0.182. The van der Waals surface area contributed by atoms with E-state index in [1.165, 1.54) is 0 Å². The van der Waals surface area contributed by atoms with Crippen molar-refractivity contribution in [3.63, 3.8) is 0 Å². The number of aromatic amines is 2. The molecular weight excluding hydrogens is 334 g/mol. The second-order valence-electron chi connectivity index (χ2n) is 6.68. The summed E-state index contributed by atoms with van der Waals surface area (Å²) in [5.41, 5.74) is 17.8. The van der Waals surface area contributed by atoms with Crippen molar-refractivity contribution in [2.75, 3.05) is 11.5 Å². The molecule has 0 amide bonds. The number of nitrogens with two attached hydrogens (primary N) is 2. The minimum atomic E-state index is -0.182. The van der Waals surface area contributed by atoms with E-state index in [4.69, 9.17) is 11.5 Å². The first-order valence-corrected chi connectivity index (χ1v) is 8.87. The Morgan fingerprint density at radius 3 is 1.70 bits per heavy atom. The van der Waals surface area contributed by atoms with E-state index in [9.17, 15) is 0 Å². The Morgan fingerprint density at radius 2 is 1.19 bits per heavy atom. The number of pyridine rings is 1. The average Bonchev–Trinajstić information content (AvgIpc) is 3.20. The summed E-state index contributed by atoms with van der Waals surface area (Å²) in [5, 5.41) is 2.16. The van der Waals surface area contributed by atoms with Gasteiger partial charge >= 0.3 is 0 Å². The third-order valence-electron chi connectivity index (χ3n) is 5.11. The summed E-state index contributed by atoms with van der Waals surface area (Å²) in [4.78, 5) is 11.3. The number of hydrogen-bond acceptors (Lipinski definition) is 3. The second-order valence-corrected chi connectivity index (χ2v) is 6.68. The Bertz CT molecular complexity index is 1170. The SMILES string of the molecule is Nc1[nH]c2ccccc2c1C(c1ccccn1)c1c(N)[nH]c2ccccc12. The lowest BCUT2D eigenvalue weighted by Gasteiger charge is -2.18. The zero-order valence-electron chi connectivity index (χ0n) is 14.6. The lowest BCUT2D eigenvalue weighted by molar-refractivity contribution is 0.940. The molecule has 0 atom stereocenters. The first-order valence-electron chi connectivity index (χ1n) is 8.87. The number of hydrogen-bond donors (Lipinski definition) is 4. The van der Waals surface area contributed by atoms with E-state index in [0.717, 1.165) is 38.6 Å². The van der Waals surface area contributed by atoms with Gasteiger partial charge in [-0.1, -0.05) is 42.5 Å². The molecule has 0 unspecified atom stereocenters. The van der Waals surface area contributed by atoms with E-state index in [1.807, 2.05) is 54.6 Å². The summed E-state index contributed by atoms with van der Waals surface area (Å²) >= 11 is 0. The second kappa shape index (κ2) is 5.92. The maximum atomic E-state index is 6.46. The van der Waals surface area contributed by atoms with Gasteiger partial charge in [0.15, 0.2) is 0 Å². The van der Waals surface area contributed by atoms with Crippen molar-refractivity contribution in [1.29, 1.82) is 0 Å². The number of nitrogens with one attached hydrogen (secondary N) is 2. The van der Waals surface area contributed by atoms with Gasteiger partial charge in [0.05, 0.1) is 11.6 Å². The first kappa shape index (κ1) is 15.5. The number of aromatic nitrogens is 3. The highest BCUT2D eigenvalue weighted by atomic mass is 14.9. The van der Waals surface area contributed by atoms with Crippen LogP contribution in [0.15, 0.2) is 72.9 Å². The highest BCUT2D eigenvalue weighted by Crippen LogP contribution is 2.43. The normalized spacial score (nSPS) is 11.6. The molecule has 132 valence electrons. The molecule has 0 bridgehead atoms. The standard InChI is InChI=1S/C22H19N5/c23-21-18(13-7-1-3-9-15(13)26-21)20(17-11-5-6-12-25-17)19-14-8-2-4-10-16(14)27-22(19)24/h1-12,20,26-27H,23-24H2. The summed E-state index contributed by atoms with van der Waals surface area (Å²) in [6, 6.07) is 22.2. The van der Waals surface area contributed by atoms with Crippen LogP contribution in [0, 0.1) is 0 Å². The monoisotopic (exact) mass is 353 g/mol. The van der Waals surface area contributed by atoms with Crippen molar-refractivity contribution in [3.8, 4) is 0 Å². The molecule has 0 fully saturated rings. The van der Waals surface area contributed by atoms with Crippen LogP contribution in [-0.4, -0.2) is 15.0 Å². The number of nitrogens with zero attached hydrogens (tertiary/aromatic N) is 1. The highest BCUT2D eigenvalue weighted by molar-refractivity contribution is 5.94. The molecule has 5 heteroatoms. The van der Waals surface area contributed by atoms with Gasteiger partial charge in [-0.25, -0.2) is 0 Å². The highest BCUT2D eigenvalue weighted by Gasteiger charge is 2.28. The van der Waals surface area contributed by atoms with Crippen molar-refractivity contribution in [2.24, 2.45) is 0 Å². The first-order chi connectivity index (χ1) is 13.2. The molecule has 0 saturated carbocycles. The van der Waals surface area contributed by atoms with Crippen LogP contribution in [0.3, 0.4) is 0 Å². The molecule has 5 nitrogen and oxygen atoms in total. The van der Waals surface area contributed by atoms with E-state index >= 15 is 0 Å². The van der Waals surface area contributed by atoms with Crippen LogP contribution < -0.4 is 11.5 Å². The number of H-pyrrole nitrogens is 2. The van der Waals surface area contributed by atoms with Crippen molar-refractivity contribution in [1.82, 2.24) is 15.0 Å². The summed E-state index contributed by atoms with van der Waals surface area (Å²) < 4.78 is 0. The summed E-state index contributed by atoms with van der Waals surface area (Å²) in [6.07, 6.45) is 1.80. The molecule has 3 heterocycles. The molecule has 0 aliphatic rings. The van der Waals surface area contributed by atoms with Crippen molar-refractivity contribution >= 4 is 33.4 Å². The Morgan fingerprint density at radius 1 is 0.667 bits per heavy atom. The average molecular weight is 353 g/mol. The summed E-state index contributed by atoms with van der Waals surface area (Å²) in [5.74, 6) is 1.09. The number of rotatable bonds is 3. The lowest BCUT2D eigenvalue weighted by Crippen LogP contribution is -2.09. The zero-order chi connectivity index (χ0) is 18.4. The number of fused-ring (bicyclic) bond motifs is 2. The van der Waals surface area contributed by atoms with E-state index in [2.05, 4.69) is 27.1 Å². The Kier molecular flexibility index (Phi) is 3.40. The van der Waals surface area contributed by atoms with Crippen molar-refractivity contribution in [2.45, 2.75) is 5.92 Å². The fourth-order valence-electron chi connectivity index (χ4n) is 3.98. The molecule has 0 aliphatic carbocycles. The van der Waals surface area contributed by atoms with Gasteiger partial charge in [-0.05, 0) is 24.3 Å². The topological polar surface area (TPSA) is 96.5 Å². The molecule has 5 rings (SSSR count). The quantitative estimate of drug-likeness (QED) is 0.387. The number of anilines is 2. The summed E-state index contributed by atoms with van der Waals surface area (Å²) in [7, 11) is 0. The third kappa shape index (κ3) is 2.36. The van der Waals surface area contributed by atoms with Crippen LogP contribution in [0.25, 0.3) is 21.8 Å². The molecule has 0 spiro atoms. The largest absolute Gasteiger partial charge is 0.385 e. The van der Waals surface area contributed by atoms with E-state index < -0.39 is 0 Å². The Hall–Kier alpha value is -3.73. The number of benzene rings is 2. The molecule has 6 N–H and O–H groups in total. The molecular formula is C22H19N5. The maximum Gasteiger partial charge on any atom is 0.105 e. The lowest BCUT2D eigenvalue weighted by atomic mass is 9.86. The maximum absolute atomic E-state index is 6.46. The van der Waals surface area contributed by atoms with Crippen LogP contribution in [0.1, 0.15) is 22.7 Å². The molecule has 0 radical (unpaired) electrons. The molecule has 27 heavy (non-hydrogen) atoms. The Labute approximate surface area is 156 Å². The fraction of sp³-hybridized carbons (Fsp3) is 0.0455. The van der Waals surface area contributed by atoms with Crippen molar-refractivity contribution < 1.29 is 0 Å². The minimum Gasteiger partial charge on any atom is -0.385 e. The van der Waals surface area contributed by atoms with Gasteiger partial charge in [0, 0.05) is 39.1 Å². The molecule has 2 aromatic carbocycles. The smallest absolute Gasteiger partial charge is 0.105 e. The van der Waals surface area contributed by atoms with Gasteiger partial charge < -0.3 is 21.4 Å². The summed E-state index contributed by atoms with van der Waals surface area (Å²) in [6.45, 7) is 0. The Balaban J connectivity index is 1.88. The molecule has 5 aromatic rings. The van der Waals surface area contributed by atoms with Gasteiger partial charge in [-0.2, -0.15) is 0 Å². The van der Waals surface area contributed by atoms with Crippen LogP contribution in [0.2, 0.25) is 0 Å². The predicted octanol–water partition coefficient (Wildman–Crippen LogP) is 4.39. The van der Waals surface area contributed by atoms with Gasteiger partial charge in [-0.15, -0.1) is 0 Å². The predicted molar refractivity (Wildman–Crippen MR) is 111 cm³/mol. The number of nitrogen functional groups attached to an aromatic ring is 2. The van der Waals surface area contributed by atoms with Crippen molar-refractivity contribution in [3.05, 3.63) is 89.7 Å². The van der Waals surface area contributed by atoms with Gasteiger partial charge in [0.1, 0.15) is 11.6 Å². The van der Waals surface area contributed by atoms with Gasteiger partial charge in [-0.3, -0.25) is 4.98 Å². The molecule has 0 aliphatic heterocycles. The van der Waals surface area contributed by atoms with E-state index in [0.29, 0.717) is 11.6 Å². The van der Waals surface area contributed by atoms with E-state index in [-0.39, 0.29) is 5.92 Å². The van der Waals surface area contributed by atoms with Crippen LogP contribution >= 0.6 is 0 Å². The van der Waals surface area contributed by atoms with Crippen LogP contribution in [0.4, 0.5) is 11.6 Å². The van der Waals surface area contributed by atoms with Crippen LogP contribution in [-0.2, 0) is 0 Å². The van der Waals surface area contributed by atoms with E-state index in [1.54, 1.807) is 6.20 Å². The fourth-order valence-corrected chi connectivity index (χ4v) is 3.98. The van der Waals surface area contributed by atoms with Gasteiger partial charge in [0.25, 0.3) is 0 Å².